The third-order valence-corrected chi connectivity index (χ3v) is 22.1. The molecule has 2 aliphatic heterocycles. The molecular weight excluding hydrogens is 1160 g/mol. The van der Waals surface area contributed by atoms with Crippen LogP contribution >= 0.6 is 23.5 Å². The molecule has 0 saturated heterocycles. The van der Waals surface area contributed by atoms with Gasteiger partial charge < -0.3 is 9.80 Å². The summed E-state index contributed by atoms with van der Waals surface area (Å²) in [6.07, 6.45) is -5.02. The Labute approximate surface area is 541 Å². The minimum Gasteiger partial charge on any atom is -0.305 e. The van der Waals surface area contributed by atoms with E-state index in [-0.39, 0.29) is 33.3 Å². The fraction of sp³-hybridized carbons (Fsp3) is 0.193. The van der Waals surface area contributed by atoms with Crippen molar-refractivity contribution in [3.05, 3.63) is 275 Å². The van der Waals surface area contributed by atoms with Gasteiger partial charge in [-0.2, -0.15) is 18.4 Å². The van der Waals surface area contributed by atoms with Crippen LogP contribution in [-0.2, 0) is 33.3 Å². The Morgan fingerprint density at radius 2 is 0.692 bits per heavy atom. The van der Waals surface area contributed by atoms with Gasteiger partial charge >= 0.3 is 6.18 Å². The van der Waals surface area contributed by atoms with Gasteiger partial charge in [0.15, 0.2) is 0 Å². The summed E-state index contributed by atoms with van der Waals surface area (Å²) in [5.74, 6) is 0. The number of nitriles is 1. The molecule has 2 aliphatic carbocycles. The molecule has 4 aliphatic rings. The molecule has 0 N–H and O–H groups in total. The normalized spacial score (nSPS) is 15.4. The van der Waals surface area contributed by atoms with E-state index in [4.69, 9.17) is 0 Å². The molecule has 3 nitrogen and oxygen atoms in total. The van der Waals surface area contributed by atoms with Crippen molar-refractivity contribution < 1.29 is 13.2 Å². The number of anilines is 6. The molecule has 0 bridgehead atoms. The number of halogens is 3. The van der Waals surface area contributed by atoms with Crippen molar-refractivity contribution in [2.75, 3.05) is 9.80 Å². The van der Waals surface area contributed by atoms with Crippen molar-refractivity contribution in [2.24, 2.45) is 0 Å². The highest BCUT2D eigenvalue weighted by Gasteiger charge is 2.70. The smallest absolute Gasteiger partial charge is 0.305 e. The van der Waals surface area contributed by atoms with Crippen LogP contribution in [0.3, 0.4) is 0 Å². The summed E-state index contributed by atoms with van der Waals surface area (Å²) in [4.78, 5) is 7.18. The number of rotatable bonds is 6. The van der Waals surface area contributed by atoms with E-state index >= 15 is 13.2 Å². The molecule has 0 fully saturated rings. The van der Waals surface area contributed by atoms with Gasteiger partial charge in [0.25, 0.3) is 0 Å². The van der Waals surface area contributed by atoms with Gasteiger partial charge in [0.05, 0.1) is 45.3 Å². The summed E-state index contributed by atoms with van der Waals surface area (Å²) in [7, 11) is 0. The molecule has 0 saturated carbocycles. The van der Waals surface area contributed by atoms with Crippen LogP contribution in [-0.4, -0.2) is 0 Å². The molecule has 0 atom stereocenters. The highest BCUT2D eigenvalue weighted by molar-refractivity contribution is 8.00. The van der Waals surface area contributed by atoms with Crippen LogP contribution in [0, 0.1) is 11.3 Å². The van der Waals surface area contributed by atoms with Crippen LogP contribution in [0.2, 0.25) is 0 Å². The summed E-state index contributed by atoms with van der Waals surface area (Å²) >= 11 is 3.17. The summed E-state index contributed by atoms with van der Waals surface area (Å²) in [6.45, 7) is 21.6. The average molecular weight is 1230 g/mol. The third kappa shape index (κ3) is 8.85. The second-order valence-corrected chi connectivity index (χ2v) is 30.1. The van der Waals surface area contributed by atoms with Crippen molar-refractivity contribution in [1.82, 2.24) is 0 Å². The van der Waals surface area contributed by atoms with E-state index in [0.717, 1.165) is 97.5 Å². The van der Waals surface area contributed by atoms with Crippen LogP contribution in [0.1, 0.15) is 114 Å². The second kappa shape index (κ2) is 20.8. The molecule has 15 rings (SSSR count). The average Bonchev–Trinajstić information content (AvgIpc) is 1.48. The van der Waals surface area contributed by atoms with Gasteiger partial charge in [-0.05, 0) is 148 Å². The summed E-state index contributed by atoms with van der Waals surface area (Å²) in [5, 5.41) is 13.0. The first-order valence-electron chi connectivity index (χ1n) is 31.3. The number of fused-ring (bicyclic) bond motifs is 10. The zero-order chi connectivity index (χ0) is 63.3. The van der Waals surface area contributed by atoms with Gasteiger partial charge in [0.1, 0.15) is 6.07 Å². The van der Waals surface area contributed by atoms with Crippen molar-refractivity contribution >= 4 is 57.6 Å². The van der Waals surface area contributed by atoms with Gasteiger partial charge in [-0.1, -0.05) is 275 Å². The number of benzene rings is 11. The maximum atomic E-state index is 18.8. The molecule has 0 radical (unpaired) electrons. The van der Waals surface area contributed by atoms with Gasteiger partial charge in [0, 0.05) is 35.8 Å². The molecule has 11 aromatic carbocycles. The van der Waals surface area contributed by atoms with Gasteiger partial charge in [-0.3, -0.25) is 0 Å². The molecule has 91 heavy (non-hydrogen) atoms. The van der Waals surface area contributed by atoms with Crippen LogP contribution in [0.25, 0.3) is 55.6 Å². The molecule has 1 spiro atoms. The number of nitrogens with zero attached hydrogens (tertiary/aromatic N) is 3. The summed E-state index contributed by atoms with van der Waals surface area (Å²) in [5.41, 5.74) is 12.2. The first-order chi connectivity index (χ1) is 43.5. The molecular formula is C83H68F3N3S2. The minimum atomic E-state index is -5.02. The van der Waals surface area contributed by atoms with Crippen molar-refractivity contribution in [2.45, 2.75) is 122 Å². The molecule has 448 valence electrons. The van der Waals surface area contributed by atoms with Crippen molar-refractivity contribution in [3.63, 3.8) is 0 Å². The first kappa shape index (κ1) is 58.4. The first-order valence-corrected chi connectivity index (χ1v) is 32.9. The lowest BCUT2D eigenvalue weighted by Gasteiger charge is -2.50. The van der Waals surface area contributed by atoms with Gasteiger partial charge in [-0.25, -0.2) is 0 Å². The lowest BCUT2D eigenvalue weighted by Crippen LogP contribution is -2.51. The van der Waals surface area contributed by atoms with E-state index in [9.17, 15) is 5.26 Å². The predicted octanol–water partition coefficient (Wildman–Crippen LogP) is 24.2. The molecule has 0 unspecified atom stereocenters. The van der Waals surface area contributed by atoms with Crippen LogP contribution in [0.15, 0.2) is 250 Å². The van der Waals surface area contributed by atoms with E-state index in [0.29, 0.717) is 28.3 Å². The monoisotopic (exact) mass is 1230 g/mol. The Hall–Kier alpha value is -9.00. The van der Waals surface area contributed by atoms with E-state index in [2.05, 4.69) is 209 Å². The second-order valence-electron chi connectivity index (χ2n) is 27.9. The Bertz CT molecular complexity index is 4590. The predicted molar refractivity (Wildman–Crippen MR) is 372 cm³/mol. The number of hydrogen-bond acceptors (Lipinski definition) is 5. The minimum absolute atomic E-state index is 0.0974. The molecule has 11 aromatic rings. The number of alkyl halides is 3. The molecule has 0 aromatic heterocycles. The lowest BCUT2D eigenvalue weighted by molar-refractivity contribution is -0.138. The Balaban J connectivity index is 1.13. The van der Waals surface area contributed by atoms with Crippen molar-refractivity contribution in [3.8, 4) is 61.7 Å². The molecule has 2 heterocycles. The fourth-order valence-corrected chi connectivity index (χ4v) is 18.2. The largest absolute Gasteiger partial charge is 0.418 e. The van der Waals surface area contributed by atoms with Crippen molar-refractivity contribution in [1.29, 1.82) is 5.26 Å². The fourth-order valence-electron chi connectivity index (χ4n) is 15.9. The van der Waals surface area contributed by atoms with Crippen LogP contribution in [0.4, 0.5) is 47.3 Å². The molecule has 0 amide bonds. The Kier molecular flexibility index (Phi) is 13.3. The van der Waals surface area contributed by atoms with Crippen LogP contribution < -0.4 is 9.80 Å². The standard InChI is InChI=1S/C83H68F3N3S2/c1-78(2,3)58-35-37-60-61-38-36-59(79(4,5)6)48-64(61)82(63(60)47-58)80(7,8)73-62(49-87)76(88-65-39-31-54(50-23-15-11-16-24-50)43-69(65)90-70-44-55(32-40-66(70)88)51-25-17-12-18-26-51)77(75(83(84,85)86)74(73)81(82,9)10)89-67-41-33-56(52-27-19-13-20-28-52)45-71(67)91-72-46-57(34-42-68(72)89)53-29-21-14-22-30-53/h11-48H,1-10H3. The lowest BCUT2D eigenvalue weighted by atomic mass is 9.51. The number of hydrogen-bond donors (Lipinski definition) is 0. The zero-order valence-electron chi connectivity index (χ0n) is 52.7. The van der Waals surface area contributed by atoms with Crippen LogP contribution in [0.5, 0.6) is 0 Å². The summed E-state index contributed by atoms with van der Waals surface area (Å²) < 4.78 is 56.4. The van der Waals surface area contributed by atoms with E-state index in [1.54, 1.807) is 23.5 Å². The third-order valence-electron chi connectivity index (χ3n) is 20.0. The maximum absolute atomic E-state index is 18.8. The topological polar surface area (TPSA) is 30.3 Å². The zero-order valence-corrected chi connectivity index (χ0v) is 54.4. The quantitative estimate of drug-likeness (QED) is 0.166. The summed E-state index contributed by atoms with van der Waals surface area (Å²) in [6, 6.07) is 81.9. The van der Waals surface area contributed by atoms with E-state index in [1.807, 2.05) is 107 Å². The highest BCUT2D eigenvalue weighted by atomic mass is 32.2. The maximum Gasteiger partial charge on any atom is 0.418 e. The Morgan fingerprint density at radius 3 is 1.00 bits per heavy atom. The highest BCUT2D eigenvalue weighted by Crippen LogP contribution is 2.75. The van der Waals surface area contributed by atoms with E-state index < -0.39 is 28.0 Å². The molecule has 8 heteroatoms. The van der Waals surface area contributed by atoms with Gasteiger partial charge in [-0.15, -0.1) is 0 Å². The Morgan fingerprint density at radius 1 is 0.374 bits per heavy atom. The van der Waals surface area contributed by atoms with Gasteiger partial charge in [0.2, 0.25) is 0 Å². The SMILES string of the molecule is CC(C)(C)c1ccc2c(c1)C1(c3cc(C(C)(C)C)ccc3-2)C(C)(C)c2c(C#N)c(N3c4ccc(-c5ccccc5)cc4Sc4cc(-c5ccccc5)ccc43)c(N3c4ccc(-c5ccccc5)cc4Sc4cc(-c5ccccc5)ccc43)c(C(F)(F)F)c2C1(C)C. The van der Waals surface area contributed by atoms with E-state index in [1.165, 1.54) is 0 Å².